The molecule has 2 aromatic rings. The van der Waals surface area contributed by atoms with E-state index in [1.54, 1.807) is 0 Å². The number of fused-ring (bicyclic) bond motifs is 3. The molecule has 1 aromatic carbocycles. The van der Waals surface area contributed by atoms with Crippen LogP contribution >= 0.6 is 35.0 Å². The first-order valence-electron chi connectivity index (χ1n) is 7.05. The number of aromatic nitrogens is 2. The normalized spacial score (nSPS) is 23.7. The monoisotopic (exact) mass is 336 g/mol. The van der Waals surface area contributed by atoms with Gasteiger partial charge < -0.3 is 0 Å². The number of hydrogen-bond acceptors (Lipinski definition) is 3. The summed E-state index contributed by atoms with van der Waals surface area (Å²) in [5, 5.41) is 0.782. The zero-order chi connectivity index (χ0) is 14.4. The van der Waals surface area contributed by atoms with Gasteiger partial charge in [0.15, 0.2) is 0 Å². The van der Waals surface area contributed by atoms with Gasteiger partial charge in [0.05, 0.1) is 5.69 Å². The molecule has 0 bridgehead atoms. The number of hydrogen-bond donors (Lipinski definition) is 0. The zero-order valence-corrected chi connectivity index (χ0v) is 13.7. The Balaban J connectivity index is 1.82. The highest BCUT2D eigenvalue weighted by Crippen LogP contribution is 2.46. The fourth-order valence-corrected chi connectivity index (χ4v) is 5.47. The second-order valence-electron chi connectivity index (χ2n) is 5.82. The molecule has 0 radical (unpaired) electrons. The van der Waals surface area contributed by atoms with Gasteiger partial charge in [0, 0.05) is 28.9 Å². The third-order valence-electron chi connectivity index (χ3n) is 4.60. The zero-order valence-electron chi connectivity index (χ0n) is 11.4. The van der Waals surface area contributed by atoms with Crippen LogP contribution in [0.3, 0.4) is 0 Å². The highest BCUT2D eigenvalue weighted by Gasteiger charge is 2.41. The van der Waals surface area contributed by atoms with Crippen molar-refractivity contribution in [1.29, 1.82) is 0 Å². The van der Waals surface area contributed by atoms with E-state index >= 15 is 0 Å². The molecule has 5 heteroatoms. The van der Waals surface area contributed by atoms with Gasteiger partial charge in [0.25, 0.3) is 0 Å². The summed E-state index contributed by atoms with van der Waals surface area (Å²) in [7, 11) is 0. The fourth-order valence-electron chi connectivity index (χ4n) is 3.59. The lowest BCUT2D eigenvalue weighted by atomic mass is 9.69. The SMILES string of the molecule is Clc1nc(Cl)c2c(n1)CC1(CC2)CSCc2ccccc21. The predicted octanol–water partition coefficient (Wildman–Crippen LogP) is 4.46. The van der Waals surface area contributed by atoms with E-state index in [0.29, 0.717) is 5.15 Å². The minimum atomic E-state index is 0.174. The molecule has 1 aliphatic heterocycles. The molecule has 2 nitrogen and oxygen atoms in total. The van der Waals surface area contributed by atoms with Crippen molar-refractivity contribution in [3.8, 4) is 0 Å². The molecule has 1 aromatic heterocycles. The standard InChI is InChI=1S/C16H14Cl2N2S/c17-14-11-5-6-16(7-13(11)19-15(18)20-14)9-21-8-10-3-1-2-4-12(10)16/h1-4H,5-9H2. The second-order valence-corrected chi connectivity index (χ2v) is 7.50. The van der Waals surface area contributed by atoms with Gasteiger partial charge >= 0.3 is 0 Å². The van der Waals surface area contributed by atoms with Crippen LogP contribution in [0, 0.1) is 0 Å². The molecule has 0 fully saturated rings. The largest absolute Gasteiger partial charge is 0.224 e. The number of thioether (sulfide) groups is 1. The van der Waals surface area contributed by atoms with E-state index < -0.39 is 0 Å². The average molecular weight is 337 g/mol. The van der Waals surface area contributed by atoms with Gasteiger partial charge in [-0.15, -0.1) is 0 Å². The summed E-state index contributed by atoms with van der Waals surface area (Å²) in [6, 6.07) is 8.81. The smallest absolute Gasteiger partial charge is 0.223 e. The van der Waals surface area contributed by atoms with Gasteiger partial charge in [-0.3, -0.25) is 0 Å². The molecule has 0 N–H and O–H groups in total. The maximum Gasteiger partial charge on any atom is 0.224 e. The Labute approximate surface area is 138 Å². The predicted molar refractivity (Wildman–Crippen MR) is 88.4 cm³/mol. The van der Waals surface area contributed by atoms with Crippen LogP contribution in [-0.4, -0.2) is 15.7 Å². The Morgan fingerprint density at radius 1 is 1.14 bits per heavy atom. The first kappa shape index (κ1) is 13.9. The van der Waals surface area contributed by atoms with Crippen molar-refractivity contribution >= 4 is 35.0 Å². The van der Waals surface area contributed by atoms with E-state index in [9.17, 15) is 0 Å². The maximum absolute atomic E-state index is 6.23. The fraction of sp³-hybridized carbons (Fsp3) is 0.375. The molecule has 0 amide bonds. The van der Waals surface area contributed by atoms with E-state index in [1.165, 1.54) is 11.1 Å². The third kappa shape index (κ3) is 2.26. The Morgan fingerprint density at radius 2 is 2.00 bits per heavy atom. The highest BCUT2D eigenvalue weighted by molar-refractivity contribution is 7.98. The minimum Gasteiger partial charge on any atom is -0.223 e. The first-order valence-corrected chi connectivity index (χ1v) is 8.96. The molecule has 2 aliphatic rings. The van der Waals surface area contributed by atoms with Gasteiger partial charge in [-0.1, -0.05) is 35.9 Å². The van der Waals surface area contributed by atoms with Crippen LogP contribution in [0.5, 0.6) is 0 Å². The summed E-state index contributed by atoms with van der Waals surface area (Å²) in [6.45, 7) is 0. The molecular formula is C16H14Cl2N2S. The molecule has 1 aliphatic carbocycles. The van der Waals surface area contributed by atoms with Crippen molar-refractivity contribution in [3.63, 3.8) is 0 Å². The number of rotatable bonds is 0. The summed E-state index contributed by atoms with van der Waals surface area (Å²) in [4.78, 5) is 8.54. The minimum absolute atomic E-state index is 0.174. The molecule has 0 saturated carbocycles. The summed E-state index contributed by atoms with van der Waals surface area (Å²) in [5.41, 5.74) is 5.24. The summed E-state index contributed by atoms with van der Waals surface area (Å²) in [5.74, 6) is 2.25. The van der Waals surface area contributed by atoms with Crippen molar-refractivity contribution in [2.24, 2.45) is 0 Å². The van der Waals surface area contributed by atoms with Crippen LogP contribution in [0.25, 0.3) is 0 Å². The quantitative estimate of drug-likeness (QED) is 0.524. The summed E-state index contributed by atoms with van der Waals surface area (Å²) < 4.78 is 0. The average Bonchev–Trinajstić information content (AvgIpc) is 2.47. The van der Waals surface area contributed by atoms with Gasteiger partial charge in [-0.25, -0.2) is 9.97 Å². The van der Waals surface area contributed by atoms with Crippen LogP contribution in [0.2, 0.25) is 10.4 Å². The molecule has 0 saturated heterocycles. The third-order valence-corrected chi connectivity index (χ3v) is 6.35. The number of nitrogens with zero attached hydrogens (tertiary/aromatic N) is 2. The lowest BCUT2D eigenvalue weighted by Gasteiger charge is -2.42. The van der Waals surface area contributed by atoms with Gasteiger partial charge in [0.1, 0.15) is 5.15 Å². The lowest BCUT2D eigenvalue weighted by Crippen LogP contribution is -2.39. The van der Waals surface area contributed by atoms with Crippen LogP contribution in [0.4, 0.5) is 0 Å². The van der Waals surface area contributed by atoms with Crippen molar-refractivity contribution in [2.75, 3.05) is 5.75 Å². The molecule has 4 rings (SSSR count). The van der Waals surface area contributed by atoms with E-state index in [4.69, 9.17) is 23.2 Å². The Hall–Kier alpha value is -0.770. The molecule has 1 unspecified atom stereocenters. The van der Waals surface area contributed by atoms with E-state index in [2.05, 4.69) is 34.2 Å². The first-order chi connectivity index (χ1) is 10.2. The number of benzene rings is 1. The molecule has 1 spiro atoms. The van der Waals surface area contributed by atoms with Crippen LogP contribution in [-0.2, 0) is 24.0 Å². The summed E-state index contributed by atoms with van der Waals surface area (Å²) >= 11 is 14.2. The molecule has 2 heterocycles. The van der Waals surface area contributed by atoms with Crippen LogP contribution < -0.4 is 0 Å². The molecule has 1 atom stereocenters. The molecular weight excluding hydrogens is 323 g/mol. The Bertz CT molecular complexity index is 719. The molecule has 108 valence electrons. The van der Waals surface area contributed by atoms with E-state index in [-0.39, 0.29) is 10.7 Å². The second kappa shape index (κ2) is 5.15. The van der Waals surface area contributed by atoms with Crippen LogP contribution in [0.1, 0.15) is 28.8 Å². The topological polar surface area (TPSA) is 25.8 Å². The van der Waals surface area contributed by atoms with Crippen molar-refractivity contribution in [1.82, 2.24) is 9.97 Å². The number of halogens is 2. The van der Waals surface area contributed by atoms with Gasteiger partial charge in [-0.05, 0) is 35.6 Å². The van der Waals surface area contributed by atoms with Gasteiger partial charge in [-0.2, -0.15) is 11.8 Å². The van der Waals surface area contributed by atoms with Gasteiger partial charge in [0.2, 0.25) is 5.28 Å². The van der Waals surface area contributed by atoms with Crippen molar-refractivity contribution < 1.29 is 0 Å². The maximum atomic E-state index is 6.23. The van der Waals surface area contributed by atoms with Crippen LogP contribution in [0.15, 0.2) is 24.3 Å². The van der Waals surface area contributed by atoms with E-state index in [0.717, 1.165) is 42.0 Å². The molecule has 21 heavy (non-hydrogen) atoms. The van der Waals surface area contributed by atoms with Crippen molar-refractivity contribution in [2.45, 2.75) is 30.4 Å². The summed E-state index contributed by atoms with van der Waals surface area (Å²) in [6.07, 6.45) is 2.95. The van der Waals surface area contributed by atoms with Crippen molar-refractivity contribution in [3.05, 3.63) is 57.1 Å². The Kier molecular flexibility index (Phi) is 3.40. The highest BCUT2D eigenvalue weighted by atomic mass is 35.5. The lowest BCUT2D eigenvalue weighted by molar-refractivity contribution is 0.404. The van der Waals surface area contributed by atoms with E-state index in [1.807, 2.05) is 11.8 Å². The Morgan fingerprint density at radius 3 is 2.90 bits per heavy atom.